The lowest BCUT2D eigenvalue weighted by Gasteiger charge is -2.22. The first-order valence-electron chi connectivity index (χ1n) is 8.65. The van der Waals surface area contributed by atoms with Crippen LogP contribution in [0.2, 0.25) is 0 Å². The van der Waals surface area contributed by atoms with Gasteiger partial charge in [0, 0.05) is 0 Å². The zero-order valence-corrected chi connectivity index (χ0v) is 15.8. The normalized spacial score (nSPS) is 12.2. The van der Waals surface area contributed by atoms with Crippen LogP contribution in [0.15, 0.2) is 65.8 Å². The van der Waals surface area contributed by atoms with E-state index in [1.54, 1.807) is 0 Å². The molecule has 0 aliphatic heterocycles. The van der Waals surface area contributed by atoms with Gasteiger partial charge < -0.3 is 4.74 Å². The Morgan fingerprint density at radius 3 is 2.42 bits per heavy atom. The number of hydrazone groups is 1. The molecule has 0 saturated carbocycles. The van der Waals surface area contributed by atoms with Crippen molar-refractivity contribution in [2.75, 3.05) is 6.61 Å². The van der Waals surface area contributed by atoms with Gasteiger partial charge in [0.15, 0.2) is 6.61 Å². The molecular weight excluding hydrogens is 324 g/mol. The van der Waals surface area contributed by atoms with Gasteiger partial charge in [0.1, 0.15) is 5.75 Å². The fourth-order valence-electron chi connectivity index (χ4n) is 2.36. The minimum atomic E-state index is -0.291. The van der Waals surface area contributed by atoms with Crippen LogP contribution in [0.5, 0.6) is 5.75 Å². The van der Waals surface area contributed by atoms with E-state index in [-0.39, 0.29) is 17.9 Å². The van der Waals surface area contributed by atoms with Gasteiger partial charge in [-0.15, -0.1) is 0 Å². The van der Waals surface area contributed by atoms with E-state index in [2.05, 4.69) is 31.3 Å². The Morgan fingerprint density at radius 2 is 1.73 bits per heavy atom. The van der Waals surface area contributed by atoms with Crippen molar-refractivity contribution >= 4 is 17.7 Å². The van der Waals surface area contributed by atoms with Crippen LogP contribution in [-0.2, 0) is 10.2 Å². The summed E-state index contributed by atoms with van der Waals surface area (Å²) in [4.78, 5) is 12.0. The van der Waals surface area contributed by atoms with E-state index >= 15 is 0 Å². The monoisotopic (exact) mass is 350 g/mol. The van der Waals surface area contributed by atoms with Crippen molar-refractivity contribution in [1.82, 2.24) is 5.43 Å². The fourth-order valence-corrected chi connectivity index (χ4v) is 2.36. The zero-order chi connectivity index (χ0) is 19.0. The summed E-state index contributed by atoms with van der Waals surface area (Å²) in [6, 6.07) is 17.7. The van der Waals surface area contributed by atoms with Crippen LogP contribution < -0.4 is 10.2 Å². The van der Waals surface area contributed by atoms with Gasteiger partial charge in [-0.1, -0.05) is 75.4 Å². The lowest BCUT2D eigenvalue weighted by atomic mass is 9.86. The second-order valence-electron chi connectivity index (χ2n) is 7.07. The summed E-state index contributed by atoms with van der Waals surface area (Å²) in [5.41, 5.74) is 5.32. The van der Waals surface area contributed by atoms with Crippen LogP contribution in [0.25, 0.3) is 6.08 Å². The first kappa shape index (κ1) is 19.4. The highest BCUT2D eigenvalue weighted by atomic mass is 16.5. The smallest absolute Gasteiger partial charge is 0.277 e. The summed E-state index contributed by atoms with van der Waals surface area (Å²) < 4.78 is 5.69. The van der Waals surface area contributed by atoms with E-state index in [1.807, 2.05) is 73.7 Å². The van der Waals surface area contributed by atoms with Crippen LogP contribution in [0.3, 0.4) is 0 Å². The maximum absolute atomic E-state index is 12.0. The molecule has 0 aliphatic carbocycles. The molecule has 2 rings (SSSR count). The molecule has 4 nitrogen and oxygen atoms in total. The summed E-state index contributed by atoms with van der Waals surface area (Å²) in [7, 11) is 0. The van der Waals surface area contributed by atoms with E-state index in [0.717, 1.165) is 16.9 Å². The minimum absolute atomic E-state index is 0.0515. The molecule has 1 N–H and O–H groups in total. The summed E-state index contributed by atoms with van der Waals surface area (Å²) in [5.74, 6) is 0.431. The second-order valence-corrected chi connectivity index (χ2v) is 7.07. The number of hydrogen-bond acceptors (Lipinski definition) is 3. The highest BCUT2D eigenvalue weighted by Gasteiger charge is 2.18. The minimum Gasteiger partial charge on any atom is -0.483 e. The first-order chi connectivity index (χ1) is 12.4. The molecule has 0 fully saturated rings. The number of carbonyl (C=O) groups is 1. The molecule has 0 unspecified atom stereocenters. The van der Waals surface area contributed by atoms with Gasteiger partial charge in [0.2, 0.25) is 0 Å². The lowest BCUT2D eigenvalue weighted by molar-refractivity contribution is -0.123. The molecule has 26 heavy (non-hydrogen) atoms. The number of amides is 1. The lowest BCUT2D eigenvalue weighted by Crippen LogP contribution is -2.26. The maximum atomic E-state index is 12.0. The fraction of sp³-hybridized carbons (Fsp3) is 0.273. The Balaban J connectivity index is 1.89. The molecule has 0 saturated heterocycles. The van der Waals surface area contributed by atoms with E-state index in [4.69, 9.17) is 4.74 Å². The maximum Gasteiger partial charge on any atom is 0.277 e. The number of hydrogen-bond donors (Lipinski definition) is 1. The van der Waals surface area contributed by atoms with Gasteiger partial charge in [-0.05, 0) is 35.6 Å². The van der Waals surface area contributed by atoms with E-state index < -0.39 is 0 Å². The first-order valence-corrected chi connectivity index (χ1v) is 8.65. The average molecular weight is 350 g/mol. The van der Waals surface area contributed by atoms with E-state index in [0.29, 0.717) is 5.71 Å². The van der Waals surface area contributed by atoms with E-state index in [9.17, 15) is 4.79 Å². The summed E-state index contributed by atoms with van der Waals surface area (Å²) in [6.45, 7) is 8.09. The van der Waals surface area contributed by atoms with Gasteiger partial charge in [-0.25, -0.2) is 5.43 Å². The standard InChI is InChI=1S/C22H26N2O2/c1-17(14-15-18-10-6-5-7-11-18)23-24-21(25)16-26-20-13-9-8-12-19(20)22(2,3)4/h5-15H,16H2,1-4H3,(H,24,25)/b15-14+,23-17-. The third kappa shape index (κ3) is 6.20. The van der Waals surface area contributed by atoms with Crippen LogP contribution in [0, 0.1) is 0 Å². The summed E-state index contributed by atoms with van der Waals surface area (Å²) in [5, 5.41) is 4.07. The van der Waals surface area contributed by atoms with Crippen molar-refractivity contribution in [1.29, 1.82) is 0 Å². The van der Waals surface area contributed by atoms with Gasteiger partial charge in [-0.3, -0.25) is 4.79 Å². The molecule has 0 heterocycles. The number of allylic oxidation sites excluding steroid dienone is 1. The van der Waals surface area contributed by atoms with Gasteiger partial charge in [0.25, 0.3) is 5.91 Å². The topological polar surface area (TPSA) is 50.7 Å². The van der Waals surface area contributed by atoms with Crippen molar-refractivity contribution in [2.24, 2.45) is 5.10 Å². The molecule has 4 heteroatoms. The van der Waals surface area contributed by atoms with Crippen molar-refractivity contribution in [3.05, 3.63) is 71.8 Å². The number of ether oxygens (including phenoxy) is 1. The van der Waals surface area contributed by atoms with Crippen LogP contribution >= 0.6 is 0 Å². The number of rotatable bonds is 6. The van der Waals surface area contributed by atoms with E-state index in [1.165, 1.54) is 0 Å². The quantitative estimate of drug-likeness (QED) is 0.613. The number of para-hydroxylation sites is 1. The molecule has 0 spiro atoms. The number of benzene rings is 2. The van der Waals surface area contributed by atoms with Crippen molar-refractivity contribution in [2.45, 2.75) is 33.1 Å². The SMILES string of the molecule is CC(/C=C/c1ccccc1)=N/NC(=O)COc1ccccc1C(C)(C)C. The Kier molecular flexibility index (Phi) is 6.73. The average Bonchev–Trinajstić information content (AvgIpc) is 2.63. The highest BCUT2D eigenvalue weighted by molar-refractivity contribution is 5.97. The zero-order valence-electron chi connectivity index (χ0n) is 15.8. The van der Waals surface area contributed by atoms with Crippen LogP contribution in [-0.4, -0.2) is 18.2 Å². The van der Waals surface area contributed by atoms with Crippen LogP contribution in [0.1, 0.15) is 38.8 Å². The Labute approximate surface area is 155 Å². The van der Waals surface area contributed by atoms with Gasteiger partial charge in [0.05, 0.1) is 5.71 Å². The number of nitrogens with one attached hydrogen (secondary N) is 1. The Bertz CT molecular complexity index is 787. The van der Waals surface area contributed by atoms with Crippen molar-refractivity contribution < 1.29 is 9.53 Å². The summed E-state index contributed by atoms with van der Waals surface area (Å²) in [6.07, 6.45) is 3.80. The van der Waals surface area contributed by atoms with Crippen molar-refractivity contribution in [3.8, 4) is 5.75 Å². The summed E-state index contributed by atoms with van der Waals surface area (Å²) >= 11 is 0. The third-order valence-corrected chi connectivity index (χ3v) is 3.73. The molecule has 2 aromatic rings. The number of carbonyl (C=O) groups excluding carboxylic acids is 1. The molecule has 0 radical (unpaired) electrons. The predicted molar refractivity (Wildman–Crippen MR) is 107 cm³/mol. The number of nitrogens with zero attached hydrogens (tertiary/aromatic N) is 1. The second kappa shape index (κ2) is 8.99. The largest absolute Gasteiger partial charge is 0.483 e. The highest BCUT2D eigenvalue weighted by Crippen LogP contribution is 2.30. The molecule has 0 bridgehead atoms. The molecule has 1 amide bonds. The molecule has 0 aliphatic rings. The third-order valence-electron chi connectivity index (χ3n) is 3.73. The Hall–Kier alpha value is -2.88. The van der Waals surface area contributed by atoms with Crippen molar-refractivity contribution in [3.63, 3.8) is 0 Å². The van der Waals surface area contributed by atoms with Gasteiger partial charge in [-0.2, -0.15) is 5.10 Å². The predicted octanol–water partition coefficient (Wildman–Crippen LogP) is 4.57. The van der Waals surface area contributed by atoms with Gasteiger partial charge >= 0.3 is 0 Å². The molecule has 136 valence electrons. The molecule has 2 aromatic carbocycles. The molecular formula is C22H26N2O2. The molecule has 0 aromatic heterocycles. The molecule has 0 atom stereocenters. The van der Waals surface area contributed by atoms with Crippen LogP contribution in [0.4, 0.5) is 0 Å². The Morgan fingerprint density at radius 1 is 1.08 bits per heavy atom.